The normalized spacial score (nSPS) is 13.3. The molecule has 5 rings (SSSR count). The Morgan fingerprint density at radius 2 is 2.14 bits per heavy atom. The fourth-order valence-corrected chi connectivity index (χ4v) is 4.90. The predicted octanol–water partition coefficient (Wildman–Crippen LogP) is 4.40. The molecule has 0 saturated heterocycles. The zero-order chi connectivity index (χ0) is 19.8. The van der Waals surface area contributed by atoms with Crippen LogP contribution in [0.15, 0.2) is 29.0 Å². The highest BCUT2D eigenvalue weighted by molar-refractivity contribution is 7.19. The van der Waals surface area contributed by atoms with Gasteiger partial charge in [0.05, 0.1) is 5.39 Å². The topological polar surface area (TPSA) is 89.6 Å². The van der Waals surface area contributed by atoms with Gasteiger partial charge in [-0.25, -0.2) is 9.97 Å². The first-order valence-electron chi connectivity index (χ1n) is 9.98. The van der Waals surface area contributed by atoms with Gasteiger partial charge < -0.3 is 9.84 Å². The van der Waals surface area contributed by atoms with E-state index in [-0.39, 0.29) is 5.92 Å². The number of nitrogens with zero attached hydrogens (tertiary/aromatic N) is 5. The second kappa shape index (κ2) is 7.51. The molecule has 8 heteroatoms. The zero-order valence-corrected chi connectivity index (χ0v) is 17.3. The van der Waals surface area contributed by atoms with Crippen molar-refractivity contribution in [1.29, 1.82) is 0 Å². The highest BCUT2D eigenvalue weighted by atomic mass is 32.1. The molecule has 7 nitrogen and oxygen atoms in total. The van der Waals surface area contributed by atoms with Crippen molar-refractivity contribution in [2.24, 2.45) is 0 Å². The van der Waals surface area contributed by atoms with E-state index < -0.39 is 0 Å². The molecule has 1 N–H and O–H groups in total. The molecule has 148 valence electrons. The maximum Gasteiger partial charge on any atom is 0.228 e. The lowest BCUT2D eigenvalue weighted by Crippen LogP contribution is -2.08. The van der Waals surface area contributed by atoms with Gasteiger partial charge in [-0.15, -0.1) is 11.3 Å². The number of thiophene rings is 1. The standard InChI is InChI=1S/C21H22N6OS/c1-12(2)18-24-16(28-27-18)8-10-23-20-17-14-6-3-7-15(14)29-21(17)26-19(25-20)13-5-4-9-22-11-13/h4-5,9,11-12H,3,6-8,10H2,1-2H3,(H,23,25,26). The van der Waals surface area contributed by atoms with Crippen LogP contribution >= 0.6 is 11.3 Å². The fraction of sp³-hybridized carbons (Fsp3) is 0.381. The SMILES string of the molecule is CC(C)c1noc(CCNc2nc(-c3cccnc3)nc3sc4c(c23)CCC4)n1. The quantitative estimate of drug-likeness (QED) is 0.507. The largest absolute Gasteiger partial charge is 0.369 e. The Hall–Kier alpha value is -2.87. The van der Waals surface area contributed by atoms with E-state index in [2.05, 4.69) is 34.3 Å². The van der Waals surface area contributed by atoms with Crippen molar-refractivity contribution < 1.29 is 4.52 Å². The molecule has 0 spiro atoms. The van der Waals surface area contributed by atoms with Crippen molar-refractivity contribution in [2.45, 2.75) is 45.4 Å². The lowest BCUT2D eigenvalue weighted by atomic mass is 10.1. The van der Waals surface area contributed by atoms with Gasteiger partial charge in [-0.3, -0.25) is 4.98 Å². The van der Waals surface area contributed by atoms with Gasteiger partial charge in [-0.1, -0.05) is 19.0 Å². The maximum absolute atomic E-state index is 5.36. The number of pyridine rings is 1. The zero-order valence-electron chi connectivity index (χ0n) is 16.5. The lowest BCUT2D eigenvalue weighted by molar-refractivity contribution is 0.373. The number of hydrogen-bond acceptors (Lipinski definition) is 8. The van der Waals surface area contributed by atoms with Crippen LogP contribution in [0.4, 0.5) is 5.82 Å². The first-order chi connectivity index (χ1) is 14.2. The van der Waals surface area contributed by atoms with Crippen LogP contribution in [-0.2, 0) is 19.3 Å². The van der Waals surface area contributed by atoms with E-state index >= 15 is 0 Å². The number of fused-ring (bicyclic) bond motifs is 3. The monoisotopic (exact) mass is 406 g/mol. The molecule has 29 heavy (non-hydrogen) atoms. The van der Waals surface area contributed by atoms with Crippen molar-refractivity contribution >= 4 is 27.4 Å². The van der Waals surface area contributed by atoms with Crippen LogP contribution in [0, 0.1) is 0 Å². The molecule has 0 aliphatic heterocycles. The fourth-order valence-electron chi connectivity index (χ4n) is 3.64. The van der Waals surface area contributed by atoms with E-state index in [1.165, 1.54) is 22.2 Å². The molecule has 0 bridgehead atoms. The second-order valence-electron chi connectivity index (χ2n) is 7.55. The summed E-state index contributed by atoms with van der Waals surface area (Å²) in [7, 11) is 0. The smallest absolute Gasteiger partial charge is 0.228 e. The third-order valence-corrected chi connectivity index (χ3v) is 6.30. The summed E-state index contributed by atoms with van der Waals surface area (Å²) in [5, 5.41) is 8.72. The minimum atomic E-state index is 0.261. The van der Waals surface area contributed by atoms with E-state index in [4.69, 9.17) is 14.5 Å². The van der Waals surface area contributed by atoms with Gasteiger partial charge >= 0.3 is 0 Å². The van der Waals surface area contributed by atoms with Crippen LogP contribution in [0.5, 0.6) is 0 Å². The molecular weight excluding hydrogens is 384 g/mol. The molecule has 0 aromatic carbocycles. The van der Waals surface area contributed by atoms with Crippen LogP contribution in [0.2, 0.25) is 0 Å². The summed E-state index contributed by atoms with van der Waals surface area (Å²) in [6.45, 7) is 4.78. The number of rotatable bonds is 6. The molecule has 1 aliphatic carbocycles. The Labute approximate surface area is 172 Å². The third kappa shape index (κ3) is 3.48. The molecular formula is C21H22N6OS. The van der Waals surface area contributed by atoms with Gasteiger partial charge in [-0.2, -0.15) is 4.98 Å². The Morgan fingerprint density at radius 3 is 2.93 bits per heavy atom. The average Bonchev–Trinajstić information content (AvgIpc) is 3.44. The molecule has 0 fully saturated rings. The first-order valence-corrected chi connectivity index (χ1v) is 10.8. The highest BCUT2D eigenvalue weighted by Gasteiger charge is 2.22. The van der Waals surface area contributed by atoms with Gasteiger partial charge in [0.25, 0.3) is 0 Å². The predicted molar refractivity (Wildman–Crippen MR) is 113 cm³/mol. The molecule has 0 unspecified atom stereocenters. The number of anilines is 1. The Balaban J connectivity index is 1.46. The number of hydrogen-bond donors (Lipinski definition) is 1. The van der Waals surface area contributed by atoms with Crippen molar-refractivity contribution in [3.05, 3.63) is 46.7 Å². The van der Waals surface area contributed by atoms with Gasteiger partial charge in [-0.05, 0) is 37.0 Å². The van der Waals surface area contributed by atoms with Crippen LogP contribution in [-0.4, -0.2) is 31.6 Å². The summed E-state index contributed by atoms with van der Waals surface area (Å²) in [5.41, 5.74) is 2.33. The summed E-state index contributed by atoms with van der Waals surface area (Å²) in [5.74, 6) is 3.25. The van der Waals surface area contributed by atoms with Gasteiger partial charge in [0.2, 0.25) is 5.89 Å². The van der Waals surface area contributed by atoms with E-state index in [0.717, 1.165) is 34.9 Å². The van der Waals surface area contributed by atoms with Crippen molar-refractivity contribution in [3.8, 4) is 11.4 Å². The summed E-state index contributed by atoms with van der Waals surface area (Å²) in [6, 6.07) is 3.90. The third-order valence-electron chi connectivity index (χ3n) is 5.12. The average molecular weight is 407 g/mol. The Morgan fingerprint density at radius 1 is 1.21 bits per heavy atom. The Bertz CT molecular complexity index is 1150. The summed E-state index contributed by atoms with van der Waals surface area (Å²) < 4.78 is 5.36. The van der Waals surface area contributed by atoms with Crippen molar-refractivity contribution in [3.63, 3.8) is 0 Å². The summed E-state index contributed by atoms with van der Waals surface area (Å²) in [6.07, 6.45) is 7.66. The second-order valence-corrected chi connectivity index (χ2v) is 8.64. The molecule has 0 radical (unpaired) electrons. The molecule has 0 saturated carbocycles. The summed E-state index contributed by atoms with van der Waals surface area (Å²) >= 11 is 1.79. The molecule has 4 heterocycles. The van der Waals surface area contributed by atoms with Gasteiger partial charge in [0.1, 0.15) is 10.6 Å². The van der Waals surface area contributed by atoms with Crippen molar-refractivity contribution in [1.82, 2.24) is 25.1 Å². The van der Waals surface area contributed by atoms with E-state index in [1.54, 1.807) is 23.7 Å². The molecule has 0 amide bonds. The molecule has 1 aliphatic rings. The van der Waals surface area contributed by atoms with Crippen LogP contribution in [0.3, 0.4) is 0 Å². The van der Waals surface area contributed by atoms with Crippen LogP contribution in [0.1, 0.15) is 48.3 Å². The molecule has 4 aromatic rings. The minimum absolute atomic E-state index is 0.261. The van der Waals surface area contributed by atoms with E-state index in [9.17, 15) is 0 Å². The Kier molecular flexibility index (Phi) is 4.71. The van der Waals surface area contributed by atoms with E-state index in [1.807, 2.05) is 12.1 Å². The van der Waals surface area contributed by atoms with Gasteiger partial charge in [0.15, 0.2) is 11.6 Å². The van der Waals surface area contributed by atoms with Crippen LogP contribution in [0.25, 0.3) is 21.6 Å². The number of aryl methyl sites for hydroxylation is 2. The minimum Gasteiger partial charge on any atom is -0.369 e. The number of aromatic nitrogens is 5. The van der Waals surface area contributed by atoms with Gasteiger partial charge in [0, 0.05) is 41.7 Å². The first kappa shape index (κ1) is 18.2. The summed E-state index contributed by atoms with van der Waals surface area (Å²) in [4.78, 5) is 20.9. The van der Waals surface area contributed by atoms with Crippen LogP contribution < -0.4 is 5.32 Å². The highest BCUT2D eigenvalue weighted by Crippen LogP contribution is 2.40. The van der Waals surface area contributed by atoms with Crippen molar-refractivity contribution in [2.75, 3.05) is 11.9 Å². The maximum atomic E-state index is 5.36. The molecule has 0 atom stereocenters. The lowest BCUT2D eigenvalue weighted by Gasteiger charge is -2.09. The molecule has 4 aromatic heterocycles. The van der Waals surface area contributed by atoms with E-state index in [0.29, 0.717) is 24.7 Å². The number of nitrogens with one attached hydrogen (secondary N) is 1.